The van der Waals surface area contributed by atoms with Gasteiger partial charge in [-0.15, -0.1) is 0 Å². The first-order valence-electron chi connectivity index (χ1n) is 5.91. The second kappa shape index (κ2) is 5.09. The highest BCUT2D eigenvalue weighted by Gasteiger charge is 2.35. The normalized spacial score (nSPS) is 21.9. The Kier molecular flexibility index (Phi) is 3.69. The summed E-state index contributed by atoms with van der Waals surface area (Å²) in [6.45, 7) is 5.31. The Morgan fingerprint density at radius 1 is 1.11 bits per heavy atom. The highest BCUT2D eigenvalue weighted by Crippen LogP contribution is 2.36. The molecule has 18 heavy (non-hydrogen) atoms. The van der Waals surface area contributed by atoms with Crippen LogP contribution in [0.15, 0.2) is 23.0 Å². The standard InChI is InChI=1S/C15H15O3/c1-9(2)18-15-12(16)8-10(3)14(17)13(15)11-6-4-5-7-11/h4-9H,1-3H3. The number of rotatable bonds is 3. The summed E-state index contributed by atoms with van der Waals surface area (Å²) in [5.41, 5.74) is 0.825. The van der Waals surface area contributed by atoms with Crippen LogP contribution in [0.3, 0.4) is 0 Å². The van der Waals surface area contributed by atoms with Gasteiger partial charge >= 0.3 is 0 Å². The Morgan fingerprint density at radius 2 is 1.72 bits per heavy atom. The topological polar surface area (TPSA) is 43.4 Å². The van der Waals surface area contributed by atoms with Crippen molar-refractivity contribution in [2.24, 2.45) is 0 Å². The summed E-state index contributed by atoms with van der Waals surface area (Å²) in [7, 11) is 0. The number of hydrogen-bond acceptors (Lipinski definition) is 3. The van der Waals surface area contributed by atoms with Crippen molar-refractivity contribution in [1.82, 2.24) is 0 Å². The highest BCUT2D eigenvalue weighted by atomic mass is 16.5. The van der Waals surface area contributed by atoms with Crippen molar-refractivity contribution in [3.05, 3.63) is 54.6 Å². The van der Waals surface area contributed by atoms with E-state index in [1.807, 2.05) is 39.5 Å². The molecule has 0 amide bonds. The molecule has 93 valence electrons. The van der Waals surface area contributed by atoms with Crippen LogP contribution in [0.2, 0.25) is 0 Å². The molecule has 0 aromatic carbocycles. The van der Waals surface area contributed by atoms with Crippen LogP contribution >= 0.6 is 0 Å². The summed E-state index contributed by atoms with van der Waals surface area (Å²) in [6, 6.07) is 0. The van der Waals surface area contributed by atoms with Crippen molar-refractivity contribution < 1.29 is 14.3 Å². The molecular weight excluding hydrogens is 228 g/mol. The van der Waals surface area contributed by atoms with Crippen LogP contribution in [-0.4, -0.2) is 17.7 Å². The second-order valence-corrected chi connectivity index (χ2v) is 4.57. The van der Waals surface area contributed by atoms with Crippen LogP contribution in [0.25, 0.3) is 0 Å². The highest BCUT2D eigenvalue weighted by molar-refractivity contribution is 6.23. The molecule has 0 aromatic rings. The first-order chi connectivity index (χ1) is 8.50. The zero-order chi connectivity index (χ0) is 13.3. The van der Waals surface area contributed by atoms with Gasteiger partial charge in [0.25, 0.3) is 0 Å². The lowest BCUT2D eigenvalue weighted by Crippen LogP contribution is -2.25. The van der Waals surface area contributed by atoms with Gasteiger partial charge in [0.1, 0.15) is 0 Å². The summed E-state index contributed by atoms with van der Waals surface area (Å²) < 4.78 is 5.52. The molecule has 2 aliphatic carbocycles. The van der Waals surface area contributed by atoms with Gasteiger partial charge in [0, 0.05) is 11.5 Å². The van der Waals surface area contributed by atoms with Crippen molar-refractivity contribution in [3.8, 4) is 0 Å². The van der Waals surface area contributed by atoms with Gasteiger partial charge in [0.05, 0.1) is 11.7 Å². The molecule has 3 heteroatoms. The van der Waals surface area contributed by atoms with Crippen LogP contribution in [0.1, 0.15) is 20.8 Å². The maximum atomic E-state index is 12.2. The number of allylic oxidation sites excluding steroid dienone is 3. The van der Waals surface area contributed by atoms with Crippen LogP contribution in [0, 0.1) is 31.6 Å². The number of ketones is 2. The average molecular weight is 243 g/mol. The summed E-state index contributed by atoms with van der Waals surface area (Å²) in [5, 5.41) is 0. The fraction of sp³-hybridized carbons (Fsp3) is 0.267. The van der Waals surface area contributed by atoms with E-state index in [0.717, 1.165) is 5.92 Å². The van der Waals surface area contributed by atoms with E-state index in [-0.39, 0.29) is 23.4 Å². The summed E-state index contributed by atoms with van der Waals surface area (Å²) in [5.74, 6) is 0.511. The lowest BCUT2D eigenvalue weighted by atomic mass is 9.85. The molecule has 0 atom stereocenters. The largest absolute Gasteiger partial charge is 0.486 e. The minimum absolute atomic E-state index is 0.142. The predicted octanol–water partition coefficient (Wildman–Crippen LogP) is 2.17. The molecule has 0 saturated heterocycles. The molecule has 1 fully saturated rings. The van der Waals surface area contributed by atoms with Crippen LogP contribution in [0.5, 0.6) is 0 Å². The van der Waals surface area contributed by atoms with E-state index >= 15 is 0 Å². The van der Waals surface area contributed by atoms with Crippen molar-refractivity contribution >= 4 is 11.6 Å². The van der Waals surface area contributed by atoms with Gasteiger partial charge in [-0.1, -0.05) is 0 Å². The van der Waals surface area contributed by atoms with Gasteiger partial charge < -0.3 is 4.74 Å². The Balaban J connectivity index is 2.40. The molecule has 0 spiro atoms. The minimum atomic E-state index is -0.239. The summed E-state index contributed by atoms with van der Waals surface area (Å²) >= 11 is 0. The SMILES string of the molecule is CC1=CC(=O)C(OC(C)C)=C([C]2[CH][CH][CH][CH]2)C1=O. The number of carbonyl (C=O) groups is 2. The Labute approximate surface area is 108 Å². The van der Waals surface area contributed by atoms with E-state index in [1.165, 1.54) is 6.08 Å². The number of Topliss-reactive ketones (excluding diaryl/α,β-unsaturated/α-hetero) is 1. The van der Waals surface area contributed by atoms with Gasteiger partial charge in [0.15, 0.2) is 11.5 Å². The maximum absolute atomic E-state index is 12.2. The van der Waals surface area contributed by atoms with Crippen LogP contribution < -0.4 is 0 Å². The first-order valence-corrected chi connectivity index (χ1v) is 5.91. The molecule has 2 rings (SSSR count). The first kappa shape index (κ1) is 13.1. The number of ether oxygens (including phenoxy) is 1. The predicted molar refractivity (Wildman–Crippen MR) is 67.5 cm³/mol. The fourth-order valence-corrected chi connectivity index (χ4v) is 1.91. The molecule has 5 radical (unpaired) electrons. The van der Waals surface area contributed by atoms with E-state index in [2.05, 4.69) is 0 Å². The monoisotopic (exact) mass is 243 g/mol. The van der Waals surface area contributed by atoms with Gasteiger partial charge in [-0.2, -0.15) is 0 Å². The van der Waals surface area contributed by atoms with Crippen molar-refractivity contribution in [3.63, 3.8) is 0 Å². The summed E-state index contributed by atoms with van der Waals surface area (Å²) in [4.78, 5) is 24.2. The zero-order valence-electron chi connectivity index (χ0n) is 10.7. The van der Waals surface area contributed by atoms with Gasteiger partial charge in [0.2, 0.25) is 5.78 Å². The van der Waals surface area contributed by atoms with E-state index < -0.39 is 0 Å². The van der Waals surface area contributed by atoms with Gasteiger partial charge in [-0.05, 0) is 52.5 Å². The van der Waals surface area contributed by atoms with Crippen molar-refractivity contribution in [2.45, 2.75) is 26.9 Å². The molecule has 0 unspecified atom stereocenters. The van der Waals surface area contributed by atoms with E-state index in [4.69, 9.17) is 4.74 Å². The molecule has 0 aromatic heterocycles. The lowest BCUT2D eigenvalue weighted by molar-refractivity contribution is -0.118. The third-order valence-corrected chi connectivity index (χ3v) is 2.69. The zero-order valence-corrected chi connectivity index (χ0v) is 10.7. The average Bonchev–Trinajstić information content (AvgIpc) is 2.79. The molecule has 2 aliphatic rings. The third-order valence-electron chi connectivity index (χ3n) is 2.69. The Morgan fingerprint density at radius 3 is 2.28 bits per heavy atom. The van der Waals surface area contributed by atoms with Crippen LogP contribution in [-0.2, 0) is 14.3 Å². The molecule has 0 heterocycles. The van der Waals surface area contributed by atoms with Crippen LogP contribution in [0.4, 0.5) is 0 Å². The van der Waals surface area contributed by atoms with Gasteiger partial charge in [-0.25, -0.2) is 0 Å². The molecule has 3 nitrogen and oxygen atoms in total. The Hall–Kier alpha value is -1.38. The molecular formula is C15H15O3. The summed E-state index contributed by atoms with van der Waals surface area (Å²) in [6.07, 6.45) is 8.48. The molecule has 0 bridgehead atoms. The van der Waals surface area contributed by atoms with E-state index in [1.54, 1.807) is 6.92 Å². The van der Waals surface area contributed by atoms with E-state index in [0.29, 0.717) is 11.1 Å². The third kappa shape index (κ3) is 2.40. The smallest absolute Gasteiger partial charge is 0.221 e. The van der Waals surface area contributed by atoms with Crippen molar-refractivity contribution in [2.75, 3.05) is 0 Å². The molecule has 1 saturated carbocycles. The Bertz CT molecular complexity index is 435. The molecule has 0 N–H and O–H groups in total. The van der Waals surface area contributed by atoms with Crippen molar-refractivity contribution in [1.29, 1.82) is 0 Å². The number of hydrogen-bond donors (Lipinski definition) is 0. The van der Waals surface area contributed by atoms with E-state index in [9.17, 15) is 9.59 Å². The maximum Gasteiger partial charge on any atom is 0.221 e. The lowest BCUT2D eigenvalue weighted by Gasteiger charge is -2.22. The molecule has 0 aliphatic heterocycles. The second-order valence-electron chi connectivity index (χ2n) is 4.57. The number of carbonyl (C=O) groups excluding carboxylic acids is 2. The fourth-order valence-electron chi connectivity index (χ4n) is 1.91. The quantitative estimate of drug-likeness (QED) is 0.713. The van der Waals surface area contributed by atoms with Gasteiger partial charge in [-0.3, -0.25) is 9.59 Å². The minimum Gasteiger partial charge on any atom is -0.486 e.